The average molecular weight is 339 g/mol. The minimum absolute atomic E-state index is 0.0120. The first kappa shape index (κ1) is 15.9. The Bertz CT molecular complexity index is 821. The first-order valence-corrected chi connectivity index (χ1v) is 8.41. The second kappa shape index (κ2) is 6.06. The van der Waals surface area contributed by atoms with Gasteiger partial charge in [0.15, 0.2) is 0 Å². The van der Waals surface area contributed by atoms with Crippen molar-refractivity contribution in [3.8, 4) is 0 Å². The molecule has 6 heteroatoms. The van der Waals surface area contributed by atoms with Crippen LogP contribution >= 0.6 is 0 Å². The molecule has 3 unspecified atom stereocenters. The summed E-state index contributed by atoms with van der Waals surface area (Å²) in [4.78, 5) is 12.5. The highest BCUT2D eigenvalue weighted by molar-refractivity contribution is 5.83. The van der Waals surface area contributed by atoms with Crippen LogP contribution in [0.2, 0.25) is 0 Å². The third kappa shape index (κ3) is 2.54. The van der Waals surface area contributed by atoms with Gasteiger partial charge in [-0.15, -0.1) is 0 Å². The fourth-order valence-electron chi connectivity index (χ4n) is 4.13. The molecule has 6 nitrogen and oxygen atoms in total. The van der Waals surface area contributed by atoms with Crippen molar-refractivity contribution >= 4 is 17.3 Å². The molecule has 0 saturated heterocycles. The van der Waals surface area contributed by atoms with Crippen molar-refractivity contribution in [2.75, 3.05) is 17.2 Å². The van der Waals surface area contributed by atoms with Crippen LogP contribution < -0.4 is 10.5 Å². The first-order chi connectivity index (χ1) is 12.1. The number of rotatable bonds is 3. The van der Waals surface area contributed by atoms with Gasteiger partial charge in [-0.2, -0.15) is 0 Å². The van der Waals surface area contributed by atoms with Crippen LogP contribution in [0.15, 0.2) is 42.5 Å². The Labute approximate surface area is 145 Å². The molecule has 130 valence electrons. The number of carbonyl (C=O) groups excluding carboxylic acids is 1. The van der Waals surface area contributed by atoms with Gasteiger partial charge in [0.05, 0.1) is 12.3 Å². The van der Waals surface area contributed by atoms with E-state index in [1.807, 2.05) is 12.1 Å². The van der Waals surface area contributed by atoms with Crippen molar-refractivity contribution in [2.45, 2.75) is 25.3 Å². The van der Waals surface area contributed by atoms with E-state index >= 15 is 0 Å². The fourth-order valence-corrected chi connectivity index (χ4v) is 4.13. The number of nitrogens with zero attached hydrogens (tertiary/aromatic N) is 1. The van der Waals surface area contributed by atoms with Gasteiger partial charge in [-0.3, -0.25) is 5.21 Å². The molecule has 0 radical (unpaired) electrons. The zero-order valence-corrected chi connectivity index (χ0v) is 13.8. The molecular weight excluding hydrogens is 320 g/mol. The van der Waals surface area contributed by atoms with Crippen molar-refractivity contribution in [1.29, 1.82) is 0 Å². The third-order valence-electron chi connectivity index (χ3n) is 5.14. The Balaban J connectivity index is 1.84. The van der Waals surface area contributed by atoms with Gasteiger partial charge in [-0.1, -0.05) is 24.3 Å². The molecule has 4 rings (SSSR count). The Hall–Kier alpha value is -2.57. The topological polar surface area (TPSA) is 84.9 Å². The quantitative estimate of drug-likeness (QED) is 0.660. The van der Waals surface area contributed by atoms with E-state index in [-0.39, 0.29) is 28.7 Å². The lowest BCUT2D eigenvalue weighted by Crippen LogP contribution is -2.43. The van der Waals surface area contributed by atoms with Crippen LogP contribution in [-0.2, 0) is 16.0 Å². The normalized spacial score (nSPS) is 23.1. The predicted octanol–water partition coefficient (Wildman–Crippen LogP) is 3.04. The van der Waals surface area contributed by atoms with Crippen LogP contribution in [0.3, 0.4) is 0 Å². The largest absolute Gasteiger partial charge is 0.733 e. The third-order valence-corrected chi connectivity index (χ3v) is 5.14. The molecule has 1 aliphatic heterocycles. The maximum Gasteiger partial charge on any atom is 0.328 e. The molecule has 1 heterocycles. The minimum Gasteiger partial charge on any atom is -0.733 e. The van der Waals surface area contributed by atoms with Gasteiger partial charge >= 0.3 is 5.97 Å². The summed E-state index contributed by atoms with van der Waals surface area (Å²) in [5.41, 5.74) is 4.26. The van der Waals surface area contributed by atoms with E-state index in [0.717, 1.165) is 23.2 Å². The Morgan fingerprint density at radius 1 is 1.32 bits per heavy atom. The van der Waals surface area contributed by atoms with E-state index in [9.17, 15) is 15.2 Å². The molecule has 2 aromatic carbocycles. The molecular formula is C19H19N2O4-. The van der Waals surface area contributed by atoms with Crippen LogP contribution in [-0.4, -0.2) is 23.8 Å². The molecule has 2 aliphatic rings. The summed E-state index contributed by atoms with van der Waals surface area (Å²) in [6.45, 7) is 2.13. The van der Waals surface area contributed by atoms with E-state index in [1.54, 1.807) is 19.1 Å². The summed E-state index contributed by atoms with van der Waals surface area (Å²) < 4.78 is 5.27. The first-order valence-electron chi connectivity index (χ1n) is 8.41. The smallest absolute Gasteiger partial charge is 0.328 e. The molecule has 0 fully saturated rings. The molecule has 0 amide bonds. The van der Waals surface area contributed by atoms with Crippen molar-refractivity contribution in [2.24, 2.45) is 5.92 Å². The number of nitrogens with one attached hydrogen (secondary N) is 1. The zero-order valence-electron chi connectivity index (χ0n) is 13.8. The highest BCUT2D eigenvalue weighted by atomic mass is 16.8. The Morgan fingerprint density at radius 2 is 2.12 bits per heavy atom. The number of fused-ring (bicyclic) bond motifs is 5. The highest BCUT2D eigenvalue weighted by Crippen LogP contribution is 2.50. The van der Waals surface area contributed by atoms with Gasteiger partial charge in [0.1, 0.15) is 6.04 Å². The van der Waals surface area contributed by atoms with E-state index in [4.69, 9.17) is 4.74 Å². The summed E-state index contributed by atoms with van der Waals surface area (Å²) >= 11 is 0. The number of hydrogen-bond donors (Lipinski definition) is 2. The molecule has 25 heavy (non-hydrogen) atoms. The van der Waals surface area contributed by atoms with E-state index in [1.165, 1.54) is 11.6 Å². The number of carbonyl (C=O) groups is 1. The van der Waals surface area contributed by atoms with Crippen molar-refractivity contribution < 1.29 is 14.7 Å². The van der Waals surface area contributed by atoms with Gasteiger partial charge in [-0.05, 0) is 48.2 Å². The summed E-state index contributed by atoms with van der Waals surface area (Å²) in [7, 11) is 0. The Kier molecular flexibility index (Phi) is 3.86. The highest BCUT2D eigenvalue weighted by Gasteiger charge is 2.46. The number of hydrogen-bond acceptors (Lipinski definition) is 6. The average Bonchev–Trinajstić information content (AvgIpc) is 3.00. The van der Waals surface area contributed by atoms with Crippen molar-refractivity contribution in [1.82, 2.24) is 0 Å². The summed E-state index contributed by atoms with van der Waals surface area (Å²) in [6.07, 6.45) is 0.765. The van der Waals surface area contributed by atoms with E-state index in [2.05, 4.69) is 17.4 Å². The van der Waals surface area contributed by atoms with E-state index in [0.29, 0.717) is 6.61 Å². The van der Waals surface area contributed by atoms with Gasteiger partial charge < -0.3 is 20.5 Å². The maximum atomic E-state index is 12.5. The maximum absolute atomic E-state index is 12.5. The summed E-state index contributed by atoms with van der Waals surface area (Å²) in [5, 5.41) is 23.7. The summed E-state index contributed by atoms with van der Waals surface area (Å²) in [5.74, 6) is -0.257. The van der Waals surface area contributed by atoms with Crippen LogP contribution in [0.5, 0.6) is 0 Å². The van der Waals surface area contributed by atoms with Crippen LogP contribution in [0, 0.1) is 11.1 Å². The lowest BCUT2D eigenvalue weighted by Gasteiger charge is -2.37. The van der Waals surface area contributed by atoms with Gasteiger partial charge in [0.2, 0.25) is 0 Å². The van der Waals surface area contributed by atoms with Crippen molar-refractivity contribution in [3.05, 3.63) is 64.4 Å². The number of esters is 1. The lowest BCUT2D eigenvalue weighted by atomic mass is 9.77. The molecule has 2 N–H and O–H groups in total. The monoisotopic (exact) mass is 339 g/mol. The standard InChI is InChI=1S/C19H19N2O4/c1-2-25-19(22)18-15-9-11-5-3-4-6-13(11)17(15)14-10-12(21(23)24)7-8-16(14)20-18/h3-8,10,15,17-18,20,23H,2,9H2,1H3/q-1. The minimum atomic E-state index is -0.437. The van der Waals surface area contributed by atoms with Crippen LogP contribution in [0.25, 0.3) is 0 Å². The SMILES string of the molecule is CCOC(=O)C1Nc2ccc(N([O-])O)cc2C2c3ccccc3CC12. The molecule has 3 atom stereocenters. The molecule has 0 spiro atoms. The summed E-state index contributed by atoms with van der Waals surface area (Å²) in [6, 6.07) is 12.6. The Morgan fingerprint density at radius 3 is 2.88 bits per heavy atom. The van der Waals surface area contributed by atoms with Gasteiger partial charge in [-0.25, -0.2) is 4.79 Å². The zero-order chi connectivity index (χ0) is 17.6. The molecule has 0 bridgehead atoms. The van der Waals surface area contributed by atoms with Crippen LogP contribution in [0.4, 0.5) is 11.4 Å². The number of benzene rings is 2. The van der Waals surface area contributed by atoms with E-state index < -0.39 is 6.04 Å². The second-order valence-corrected chi connectivity index (χ2v) is 6.46. The molecule has 0 aromatic heterocycles. The lowest BCUT2D eigenvalue weighted by molar-refractivity contribution is -0.145. The molecule has 2 aromatic rings. The fraction of sp³-hybridized carbons (Fsp3) is 0.316. The predicted molar refractivity (Wildman–Crippen MR) is 93.6 cm³/mol. The molecule has 1 aliphatic carbocycles. The number of anilines is 2. The second-order valence-electron chi connectivity index (χ2n) is 6.46. The molecule has 0 saturated carbocycles. The number of ether oxygens (including phenoxy) is 1. The van der Waals surface area contributed by atoms with Gasteiger partial charge in [0, 0.05) is 17.5 Å². The van der Waals surface area contributed by atoms with Gasteiger partial charge in [0.25, 0.3) is 0 Å². The van der Waals surface area contributed by atoms with Crippen LogP contribution in [0.1, 0.15) is 29.5 Å². The van der Waals surface area contributed by atoms with Crippen molar-refractivity contribution in [3.63, 3.8) is 0 Å².